The summed E-state index contributed by atoms with van der Waals surface area (Å²) >= 11 is 0. The Balaban J connectivity index is 2.10. The molecule has 130 valence electrons. The van der Waals surface area contributed by atoms with Crippen LogP contribution < -0.4 is 0 Å². The Kier molecular flexibility index (Phi) is 4.40. The molecule has 1 aliphatic rings. The van der Waals surface area contributed by atoms with Crippen LogP contribution in [0.25, 0.3) is 10.9 Å². The molecule has 0 spiro atoms. The SMILES string of the molecule is CCn1c(C(=O)N2CCCC2)cc2cc(S(=O)(=O)N(C)C)ccc21. The highest BCUT2D eigenvalue weighted by atomic mass is 32.2. The Hall–Kier alpha value is -1.86. The normalized spacial score (nSPS) is 15.6. The maximum Gasteiger partial charge on any atom is 0.270 e. The predicted molar refractivity (Wildman–Crippen MR) is 93.6 cm³/mol. The van der Waals surface area contributed by atoms with Crippen molar-refractivity contribution in [1.29, 1.82) is 0 Å². The maximum absolute atomic E-state index is 12.8. The number of hydrogen-bond acceptors (Lipinski definition) is 3. The van der Waals surface area contributed by atoms with Gasteiger partial charge in [-0.3, -0.25) is 4.79 Å². The number of aryl methyl sites for hydroxylation is 1. The van der Waals surface area contributed by atoms with Crippen molar-refractivity contribution in [3.8, 4) is 0 Å². The molecule has 0 unspecified atom stereocenters. The molecular formula is C17H23N3O3S. The number of hydrogen-bond donors (Lipinski definition) is 0. The second-order valence-corrected chi connectivity index (χ2v) is 8.43. The first kappa shape index (κ1) is 17.0. The van der Waals surface area contributed by atoms with E-state index < -0.39 is 10.0 Å². The van der Waals surface area contributed by atoms with Gasteiger partial charge < -0.3 is 9.47 Å². The lowest BCUT2D eigenvalue weighted by Crippen LogP contribution is -2.29. The van der Waals surface area contributed by atoms with E-state index in [9.17, 15) is 13.2 Å². The van der Waals surface area contributed by atoms with Gasteiger partial charge in [0.2, 0.25) is 10.0 Å². The molecule has 0 saturated carbocycles. The number of carbonyl (C=O) groups is 1. The van der Waals surface area contributed by atoms with E-state index in [1.165, 1.54) is 18.4 Å². The minimum Gasteiger partial charge on any atom is -0.337 e. The van der Waals surface area contributed by atoms with Crippen molar-refractivity contribution in [2.45, 2.75) is 31.2 Å². The van der Waals surface area contributed by atoms with Gasteiger partial charge in [0.1, 0.15) is 5.69 Å². The summed E-state index contributed by atoms with van der Waals surface area (Å²) in [5.74, 6) is 0.0302. The van der Waals surface area contributed by atoms with Crippen LogP contribution in [0.4, 0.5) is 0 Å². The van der Waals surface area contributed by atoms with Gasteiger partial charge in [0, 0.05) is 44.6 Å². The average molecular weight is 349 g/mol. The molecule has 1 amide bonds. The van der Waals surface area contributed by atoms with Crippen LogP contribution in [0.15, 0.2) is 29.2 Å². The molecule has 24 heavy (non-hydrogen) atoms. The summed E-state index contributed by atoms with van der Waals surface area (Å²) in [6, 6.07) is 6.86. The standard InChI is InChI=1S/C17H23N3O3S/c1-4-20-15-8-7-14(24(22,23)18(2)3)11-13(15)12-16(20)17(21)19-9-5-6-10-19/h7-8,11-12H,4-6,9-10H2,1-3H3. The van der Waals surface area contributed by atoms with Crippen LogP contribution in [0.2, 0.25) is 0 Å². The molecule has 1 aliphatic heterocycles. The van der Waals surface area contributed by atoms with Gasteiger partial charge in [-0.1, -0.05) is 0 Å². The molecule has 2 heterocycles. The van der Waals surface area contributed by atoms with Crippen LogP contribution in [0.3, 0.4) is 0 Å². The number of sulfonamides is 1. The van der Waals surface area contributed by atoms with Crippen LogP contribution in [0.5, 0.6) is 0 Å². The molecule has 3 rings (SSSR count). The van der Waals surface area contributed by atoms with Crippen LogP contribution in [0, 0.1) is 0 Å². The Morgan fingerprint density at radius 2 is 1.83 bits per heavy atom. The van der Waals surface area contributed by atoms with Crippen molar-refractivity contribution in [3.05, 3.63) is 30.0 Å². The number of nitrogens with zero attached hydrogens (tertiary/aromatic N) is 3. The molecule has 1 aromatic carbocycles. The van der Waals surface area contributed by atoms with Crippen molar-refractivity contribution in [3.63, 3.8) is 0 Å². The first-order chi connectivity index (χ1) is 11.4. The van der Waals surface area contributed by atoms with Gasteiger partial charge in [0.15, 0.2) is 0 Å². The van der Waals surface area contributed by atoms with Gasteiger partial charge in [-0.05, 0) is 44.0 Å². The van der Waals surface area contributed by atoms with Crippen LogP contribution in [-0.4, -0.2) is 55.3 Å². The van der Waals surface area contributed by atoms with Crippen molar-refractivity contribution >= 4 is 26.8 Å². The Morgan fingerprint density at radius 3 is 2.42 bits per heavy atom. The fourth-order valence-electron chi connectivity index (χ4n) is 3.22. The van der Waals surface area contributed by atoms with Crippen LogP contribution >= 0.6 is 0 Å². The number of benzene rings is 1. The van der Waals surface area contributed by atoms with Gasteiger partial charge >= 0.3 is 0 Å². The Morgan fingerprint density at radius 1 is 1.17 bits per heavy atom. The van der Waals surface area contributed by atoms with Crippen molar-refractivity contribution in [1.82, 2.24) is 13.8 Å². The molecule has 0 N–H and O–H groups in total. The minimum atomic E-state index is -3.49. The van der Waals surface area contributed by atoms with E-state index in [1.54, 1.807) is 18.2 Å². The molecular weight excluding hydrogens is 326 g/mol. The number of amides is 1. The lowest BCUT2D eigenvalue weighted by molar-refractivity contribution is 0.0783. The van der Waals surface area contributed by atoms with E-state index in [-0.39, 0.29) is 10.8 Å². The Labute approximate surface area is 142 Å². The molecule has 1 saturated heterocycles. The van der Waals surface area contributed by atoms with E-state index in [0.29, 0.717) is 12.2 Å². The second kappa shape index (κ2) is 6.22. The highest BCUT2D eigenvalue weighted by Gasteiger charge is 2.24. The van der Waals surface area contributed by atoms with E-state index in [0.717, 1.165) is 36.8 Å². The summed E-state index contributed by atoms with van der Waals surface area (Å²) in [5.41, 5.74) is 1.52. The lowest BCUT2D eigenvalue weighted by atomic mass is 10.2. The molecule has 6 nitrogen and oxygen atoms in total. The summed E-state index contributed by atoms with van der Waals surface area (Å²) in [7, 11) is -0.460. The molecule has 7 heteroatoms. The van der Waals surface area contributed by atoms with E-state index >= 15 is 0 Å². The largest absolute Gasteiger partial charge is 0.337 e. The topological polar surface area (TPSA) is 62.6 Å². The summed E-state index contributed by atoms with van der Waals surface area (Å²) in [4.78, 5) is 14.9. The zero-order valence-electron chi connectivity index (χ0n) is 14.3. The van der Waals surface area contributed by atoms with Gasteiger partial charge in [0.25, 0.3) is 5.91 Å². The fourth-order valence-corrected chi connectivity index (χ4v) is 4.16. The molecule has 1 aromatic heterocycles. The predicted octanol–water partition coefficient (Wildman–Crippen LogP) is 2.15. The summed E-state index contributed by atoms with van der Waals surface area (Å²) < 4.78 is 27.8. The number of aromatic nitrogens is 1. The van der Waals surface area contributed by atoms with Gasteiger partial charge in [-0.15, -0.1) is 0 Å². The quantitative estimate of drug-likeness (QED) is 0.850. The number of fused-ring (bicyclic) bond motifs is 1. The smallest absolute Gasteiger partial charge is 0.270 e. The number of likely N-dealkylation sites (tertiary alicyclic amines) is 1. The van der Waals surface area contributed by atoms with Crippen LogP contribution in [-0.2, 0) is 16.6 Å². The van der Waals surface area contributed by atoms with Crippen molar-refractivity contribution in [2.24, 2.45) is 0 Å². The minimum absolute atomic E-state index is 0.0302. The molecule has 2 aromatic rings. The highest BCUT2D eigenvalue weighted by molar-refractivity contribution is 7.89. The first-order valence-corrected chi connectivity index (χ1v) is 9.65. The first-order valence-electron chi connectivity index (χ1n) is 8.21. The van der Waals surface area contributed by atoms with Crippen LogP contribution in [0.1, 0.15) is 30.3 Å². The third-order valence-electron chi connectivity index (χ3n) is 4.58. The van der Waals surface area contributed by atoms with Gasteiger partial charge in [-0.2, -0.15) is 0 Å². The van der Waals surface area contributed by atoms with E-state index in [2.05, 4.69) is 0 Å². The zero-order chi connectivity index (χ0) is 17.5. The highest BCUT2D eigenvalue weighted by Crippen LogP contribution is 2.26. The van der Waals surface area contributed by atoms with Gasteiger partial charge in [-0.25, -0.2) is 12.7 Å². The number of carbonyl (C=O) groups excluding carboxylic acids is 1. The Bertz CT molecular complexity index is 878. The summed E-state index contributed by atoms with van der Waals surface area (Å²) in [6.45, 7) is 4.25. The molecule has 0 radical (unpaired) electrons. The van der Waals surface area contributed by atoms with Crippen molar-refractivity contribution < 1.29 is 13.2 Å². The average Bonchev–Trinajstić information content (AvgIpc) is 3.20. The number of rotatable bonds is 4. The summed E-state index contributed by atoms with van der Waals surface area (Å²) in [6.07, 6.45) is 2.09. The molecule has 1 fully saturated rings. The fraction of sp³-hybridized carbons (Fsp3) is 0.471. The molecule has 0 aliphatic carbocycles. The van der Waals surface area contributed by atoms with Gasteiger partial charge in [0.05, 0.1) is 4.90 Å². The van der Waals surface area contributed by atoms with E-state index in [4.69, 9.17) is 0 Å². The zero-order valence-corrected chi connectivity index (χ0v) is 15.1. The molecule has 0 bridgehead atoms. The summed E-state index contributed by atoms with van der Waals surface area (Å²) in [5, 5.41) is 0.780. The lowest BCUT2D eigenvalue weighted by Gasteiger charge is -2.16. The van der Waals surface area contributed by atoms with Crippen molar-refractivity contribution in [2.75, 3.05) is 27.2 Å². The monoisotopic (exact) mass is 349 g/mol. The third kappa shape index (κ3) is 2.71. The molecule has 0 atom stereocenters. The third-order valence-corrected chi connectivity index (χ3v) is 6.39. The van der Waals surface area contributed by atoms with E-state index in [1.807, 2.05) is 22.5 Å². The second-order valence-electron chi connectivity index (χ2n) is 6.28. The maximum atomic E-state index is 12.8.